The first-order valence-corrected chi connectivity index (χ1v) is 6.46. The fraction of sp³-hybridized carbons (Fsp3) is 0.727. The first kappa shape index (κ1) is 13.3. The topological polar surface area (TPSA) is 69.2 Å². The third-order valence-electron chi connectivity index (χ3n) is 2.92. The van der Waals surface area contributed by atoms with Crippen molar-refractivity contribution in [3.8, 4) is 6.01 Å². The van der Waals surface area contributed by atoms with Crippen LogP contribution in [0.25, 0.3) is 0 Å². The van der Waals surface area contributed by atoms with Crippen molar-refractivity contribution in [2.75, 3.05) is 25.1 Å². The van der Waals surface area contributed by atoms with Crippen LogP contribution in [-0.4, -0.2) is 40.8 Å². The highest BCUT2D eigenvalue weighted by Gasteiger charge is 2.24. The highest BCUT2D eigenvalue weighted by Crippen LogP contribution is 2.21. The van der Waals surface area contributed by atoms with Crippen LogP contribution < -0.4 is 10.1 Å². The SMILES string of the molecule is CCOc1nc(Cl)nc(NCC2CCOC2C)n1. The molecule has 1 N–H and O–H groups in total. The Labute approximate surface area is 111 Å². The van der Waals surface area contributed by atoms with Crippen molar-refractivity contribution in [3.63, 3.8) is 0 Å². The predicted octanol–water partition coefficient (Wildman–Crippen LogP) is 1.76. The number of anilines is 1. The second-order valence-corrected chi connectivity index (χ2v) is 4.49. The maximum atomic E-state index is 5.80. The van der Waals surface area contributed by atoms with Gasteiger partial charge in [-0.1, -0.05) is 0 Å². The summed E-state index contributed by atoms with van der Waals surface area (Å²) in [7, 11) is 0. The van der Waals surface area contributed by atoms with E-state index in [2.05, 4.69) is 27.2 Å². The zero-order valence-electron chi connectivity index (χ0n) is 10.5. The number of rotatable bonds is 5. The van der Waals surface area contributed by atoms with E-state index in [1.807, 2.05) is 6.92 Å². The Hall–Kier alpha value is -1.14. The van der Waals surface area contributed by atoms with Crippen molar-refractivity contribution in [1.29, 1.82) is 0 Å². The molecule has 0 aliphatic carbocycles. The molecule has 100 valence electrons. The molecule has 1 saturated heterocycles. The van der Waals surface area contributed by atoms with Gasteiger partial charge in [0.25, 0.3) is 0 Å². The average Bonchev–Trinajstić information content (AvgIpc) is 2.72. The largest absolute Gasteiger partial charge is 0.464 e. The third-order valence-corrected chi connectivity index (χ3v) is 3.09. The second kappa shape index (κ2) is 6.15. The van der Waals surface area contributed by atoms with Crippen LogP contribution in [0.3, 0.4) is 0 Å². The molecule has 2 rings (SSSR count). The monoisotopic (exact) mass is 272 g/mol. The standard InChI is InChI=1S/C11H17ClN4O2/c1-3-17-11-15-9(12)14-10(16-11)13-6-8-4-5-18-7(8)2/h7-8H,3-6H2,1-2H3,(H,13,14,15,16). The lowest BCUT2D eigenvalue weighted by atomic mass is 10.0. The fourth-order valence-electron chi connectivity index (χ4n) is 1.87. The zero-order valence-corrected chi connectivity index (χ0v) is 11.3. The Morgan fingerprint density at radius 1 is 1.44 bits per heavy atom. The van der Waals surface area contributed by atoms with Crippen LogP contribution in [-0.2, 0) is 4.74 Å². The van der Waals surface area contributed by atoms with Crippen LogP contribution in [0.4, 0.5) is 5.95 Å². The number of hydrogen-bond acceptors (Lipinski definition) is 6. The van der Waals surface area contributed by atoms with E-state index < -0.39 is 0 Å². The minimum absolute atomic E-state index is 0.131. The Morgan fingerprint density at radius 3 is 2.94 bits per heavy atom. The summed E-state index contributed by atoms with van der Waals surface area (Å²) in [5.74, 6) is 0.911. The first-order valence-electron chi connectivity index (χ1n) is 6.09. The average molecular weight is 273 g/mol. The summed E-state index contributed by atoms with van der Waals surface area (Å²) < 4.78 is 10.7. The van der Waals surface area contributed by atoms with E-state index in [1.54, 1.807) is 0 Å². The van der Waals surface area contributed by atoms with Crippen molar-refractivity contribution in [2.45, 2.75) is 26.4 Å². The molecule has 18 heavy (non-hydrogen) atoms. The van der Waals surface area contributed by atoms with E-state index >= 15 is 0 Å². The predicted molar refractivity (Wildman–Crippen MR) is 68.0 cm³/mol. The molecule has 1 aromatic heterocycles. The van der Waals surface area contributed by atoms with Gasteiger partial charge in [-0.15, -0.1) is 0 Å². The number of nitrogens with one attached hydrogen (secondary N) is 1. The van der Waals surface area contributed by atoms with Gasteiger partial charge in [0.05, 0.1) is 12.7 Å². The number of aromatic nitrogens is 3. The van der Waals surface area contributed by atoms with Crippen molar-refractivity contribution in [2.24, 2.45) is 5.92 Å². The van der Waals surface area contributed by atoms with Crippen LogP contribution >= 0.6 is 11.6 Å². The lowest BCUT2D eigenvalue weighted by Crippen LogP contribution is -2.21. The fourth-order valence-corrected chi connectivity index (χ4v) is 2.02. The van der Waals surface area contributed by atoms with Crippen LogP contribution in [0, 0.1) is 5.92 Å². The van der Waals surface area contributed by atoms with Crippen LogP contribution in [0.5, 0.6) is 6.01 Å². The molecule has 0 saturated carbocycles. The van der Waals surface area contributed by atoms with Gasteiger partial charge in [-0.2, -0.15) is 15.0 Å². The number of nitrogens with zero attached hydrogens (tertiary/aromatic N) is 3. The molecule has 0 radical (unpaired) electrons. The van der Waals surface area contributed by atoms with Gasteiger partial charge in [0.1, 0.15) is 0 Å². The van der Waals surface area contributed by atoms with Gasteiger partial charge >= 0.3 is 6.01 Å². The number of ether oxygens (including phenoxy) is 2. The molecule has 1 aliphatic rings. The highest BCUT2D eigenvalue weighted by atomic mass is 35.5. The minimum atomic E-state index is 0.131. The van der Waals surface area contributed by atoms with Gasteiger partial charge < -0.3 is 14.8 Å². The van der Waals surface area contributed by atoms with Crippen LogP contribution in [0.1, 0.15) is 20.3 Å². The van der Waals surface area contributed by atoms with Crippen molar-refractivity contribution >= 4 is 17.5 Å². The molecular weight excluding hydrogens is 256 g/mol. The number of hydrogen-bond donors (Lipinski definition) is 1. The maximum absolute atomic E-state index is 5.80. The molecule has 1 fully saturated rings. The molecule has 6 nitrogen and oxygen atoms in total. The molecule has 0 aromatic carbocycles. The normalized spacial score (nSPS) is 23.1. The molecule has 0 spiro atoms. The molecule has 1 aliphatic heterocycles. The Kier molecular flexibility index (Phi) is 4.54. The third kappa shape index (κ3) is 3.43. The van der Waals surface area contributed by atoms with Gasteiger partial charge in [0.2, 0.25) is 11.2 Å². The Balaban J connectivity index is 1.95. The second-order valence-electron chi connectivity index (χ2n) is 4.15. The summed E-state index contributed by atoms with van der Waals surface area (Å²) in [6.45, 7) is 6.00. The van der Waals surface area contributed by atoms with Gasteiger partial charge in [0.15, 0.2) is 0 Å². The molecule has 2 heterocycles. The van der Waals surface area contributed by atoms with Crippen LogP contribution in [0.15, 0.2) is 0 Å². The van der Waals surface area contributed by atoms with Gasteiger partial charge in [0, 0.05) is 19.1 Å². The van der Waals surface area contributed by atoms with Crippen molar-refractivity contribution in [3.05, 3.63) is 5.28 Å². The maximum Gasteiger partial charge on any atom is 0.322 e. The number of halogens is 1. The van der Waals surface area contributed by atoms with Gasteiger partial charge in [-0.3, -0.25) is 0 Å². The van der Waals surface area contributed by atoms with E-state index in [1.165, 1.54) is 0 Å². The van der Waals surface area contributed by atoms with Crippen LogP contribution in [0.2, 0.25) is 5.28 Å². The summed E-state index contributed by atoms with van der Waals surface area (Å²) in [4.78, 5) is 12.0. The summed E-state index contributed by atoms with van der Waals surface area (Å²) in [5.41, 5.74) is 0. The molecule has 2 atom stereocenters. The summed E-state index contributed by atoms with van der Waals surface area (Å²) >= 11 is 5.80. The molecule has 0 amide bonds. The summed E-state index contributed by atoms with van der Waals surface area (Å²) in [6, 6.07) is 0.246. The van der Waals surface area contributed by atoms with Gasteiger partial charge in [-0.25, -0.2) is 0 Å². The quantitative estimate of drug-likeness (QED) is 0.881. The zero-order chi connectivity index (χ0) is 13.0. The summed E-state index contributed by atoms with van der Waals surface area (Å²) in [5, 5.41) is 3.28. The van der Waals surface area contributed by atoms with E-state index in [0.29, 0.717) is 18.5 Å². The lowest BCUT2D eigenvalue weighted by Gasteiger charge is -2.14. The molecular formula is C11H17ClN4O2. The molecule has 2 unspecified atom stereocenters. The van der Waals surface area contributed by atoms with E-state index in [4.69, 9.17) is 21.1 Å². The van der Waals surface area contributed by atoms with Gasteiger partial charge in [-0.05, 0) is 31.9 Å². The summed E-state index contributed by atoms with van der Waals surface area (Å²) in [6.07, 6.45) is 1.31. The Morgan fingerprint density at radius 2 is 2.28 bits per heavy atom. The minimum Gasteiger partial charge on any atom is -0.464 e. The van der Waals surface area contributed by atoms with E-state index in [0.717, 1.165) is 19.6 Å². The van der Waals surface area contributed by atoms with E-state index in [-0.39, 0.29) is 17.4 Å². The highest BCUT2D eigenvalue weighted by molar-refractivity contribution is 6.28. The lowest BCUT2D eigenvalue weighted by molar-refractivity contribution is 0.108. The molecule has 1 aromatic rings. The first-order chi connectivity index (χ1) is 8.69. The van der Waals surface area contributed by atoms with Crippen molar-refractivity contribution < 1.29 is 9.47 Å². The Bertz CT molecular complexity index is 405. The smallest absolute Gasteiger partial charge is 0.322 e. The molecule has 7 heteroatoms. The van der Waals surface area contributed by atoms with Crippen molar-refractivity contribution in [1.82, 2.24) is 15.0 Å². The molecule has 0 bridgehead atoms. The van der Waals surface area contributed by atoms with E-state index in [9.17, 15) is 0 Å².